The van der Waals surface area contributed by atoms with Crippen LogP contribution in [-0.4, -0.2) is 51.2 Å². The van der Waals surface area contributed by atoms with Crippen LogP contribution >= 0.6 is 0 Å². The van der Waals surface area contributed by atoms with E-state index in [-0.39, 0.29) is 17.1 Å². The lowest BCUT2D eigenvalue weighted by Crippen LogP contribution is -2.80. The van der Waals surface area contributed by atoms with E-state index in [1.54, 1.807) is 6.07 Å². The summed E-state index contributed by atoms with van der Waals surface area (Å²) in [6.45, 7) is 0. The van der Waals surface area contributed by atoms with E-state index in [0.717, 1.165) is 24.0 Å². The number of aromatic hydroxyl groups is 1. The summed E-state index contributed by atoms with van der Waals surface area (Å²) in [5.74, 6) is 0.584. The molecule has 114 valence electrons. The molecule has 4 aliphatic carbocycles. The van der Waals surface area contributed by atoms with Gasteiger partial charge in [-0.2, -0.15) is 0 Å². The van der Waals surface area contributed by atoms with Crippen LogP contribution in [-0.2, 0) is 16.6 Å². The molecule has 1 aromatic carbocycles. The third-order valence-electron chi connectivity index (χ3n) is 7.37. The van der Waals surface area contributed by atoms with Crippen molar-refractivity contribution in [2.45, 2.75) is 54.4 Å². The fourth-order valence-electron chi connectivity index (χ4n) is 6.43. The number of benzene rings is 1. The van der Waals surface area contributed by atoms with Gasteiger partial charge in [0.15, 0.2) is 23.4 Å². The second-order valence-electron chi connectivity index (χ2n) is 7.68. The Morgan fingerprint density at radius 1 is 1.41 bits per heavy atom. The molecule has 5 nitrogen and oxygen atoms in total. The highest BCUT2D eigenvalue weighted by Gasteiger charge is 2.91. The Hall–Kier alpha value is -1.59. The highest BCUT2D eigenvalue weighted by atomic mass is 16.5. The van der Waals surface area contributed by atoms with Crippen molar-refractivity contribution in [3.05, 3.63) is 23.3 Å². The summed E-state index contributed by atoms with van der Waals surface area (Å²) in [6, 6.07) is 3.93. The van der Waals surface area contributed by atoms with E-state index in [1.807, 2.05) is 6.07 Å². The third kappa shape index (κ3) is 0.802. The van der Waals surface area contributed by atoms with E-state index < -0.39 is 17.1 Å². The lowest BCUT2D eigenvalue weighted by Gasteiger charge is -2.64. The molecule has 0 amide bonds. The molecule has 2 aliphatic heterocycles. The molecule has 22 heavy (non-hydrogen) atoms. The number of ketones is 1. The minimum atomic E-state index is -0.914. The van der Waals surface area contributed by atoms with Crippen LogP contribution in [0, 0.1) is 0 Å². The van der Waals surface area contributed by atoms with Gasteiger partial charge >= 0.3 is 0 Å². The zero-order chi connectivity index (χ0) is 15.1. The average Bonchev–Trinajstić information content (AvgIpc) is 2.95. The minimum absolute atomic E-state index is 0.0582. The van der Waals surface area contributed by atoms with Crippen molar-refractivity contribution in [1.29, 1.82) is 0 Å². The predicted molar refractivity (Wildman–Crippen MR) is 76.0 cm³/mol. The van der Waals surface area contributed by atoms with Crippen LogP contribution in [0.3, 0.4) is 0 Å². The van der Waals surface area contributed by atoms with Crippen molar-refractivity contribution in [2.75, 3.05) is 7.05 Å². The van der Waals surface area contributed by atoms with Crippen molar-refractivity contribution < 1.29 is 19.7 Å². The van der Waals surface area contributed by atoms with Crippen LogP contribution in [0.25, 0.3) is 0 Å². The third-order valence-corrected chi connectivity index (χ3v) is 7.37. The molecule has 2 spiro atoms. The summed E-state index contributed by atoms with van der Waals surface area (Å²) in [6.07, 6.45) is 1.84. The highest BCUT2D eigenvalue weighted by molar-refractivity contribution is 5.91. The number of nitrogens with zero attached hydrogens (tertiary/aromatic N) is 1. The van der Waals surface area contributed by atoms with E-state index in [2.05, 4.69) is 11.9 Å². The number of aliphatic hydroxyl groups is 1. The number of hydrogen-bond acceptors (Lipinski definition) is 5. The topological polar surface area (TPSA) is 69.8 Å². The predicted octanol–water partition coefficient (Wildman–Crippen LogP) is 0.498. The SMILES string of the molecule is CN1C2Cc3ccc(O)c4c3[C@]35CC21[C@]3(O)CCC(=O)[C@@H]5O4. The van der Waals surface area contributed by atoms with Gasteiger partial charge in [0.1, 0.15) is 0 Å². The van der Waals surface area contributed by atoms with Gasteiger partial charge in [-0.05, 0) is 37.9 Å². The molecule has 7 rings (SSSR count). The molecule has 6 aliphatic rings. The molecule has 3 fully saturated rings. The highest BCUT2D eigenvalue weighted by Crippen LogP contribution is 2.78. The first kappa shape index (κ1) is 11.9. The smallest absolute Gasteiger partial charge is 0.174 e. The van der Waals surface area contributed by atoms with Crippen LogP contribution in [0.4, 0.5) is 0 Å². The Labute approximate surface area is 127 Å². The van der Waals surface area contributed by atoms with Gasteiger partial charge in [0.25, 0.3) is 0 Å². The molecule has 6 atom stereocenters. The lowest BCUT2D eigenvalue weighted by molar-refractivity contribution is -0.209. The van der Waals surface area contributed by atoms with Gasteiger partial charge in [-0.15, -0.1) is 0 Å². The number of carbonyl (C=O) groups excluding carboxylic acids is 1. The van der Waals surface area contributed by atoms with E-state index in [9.17, 15) is 15.0 Å². The van der Waals surface area contributed by atoms with Gasteiger partial charge in [-0.25, -0.2) is 0 Å². The summed E-state index contributed by atoms with van der Waals surface area (Å²) < 4.78 is 5.93. The Kier molecular flexibility index (Phi) is 1.58. The summed E-state index contributed by atoms with van der Waals surface area (Å²) in [5.41, 5.74) is 0.274. The van der Waals surface area contributed by atoms with Gasteiger partial charge in [0.05, 0.1) is 16.6 Å². The Morgan fingerprint density at radius 3 is 3.05 bits per heavy atom. The van der Waals surface area contributed by atoms with Gasteiger partial charge in [-0.3, -0.25) is 9.69 Å². The minimum Gasteiger partial charge on any atom is -0.504 e. The molecule has 2 saturated carbocycles. The molecule has 3 unspecified atom stereocenters. The molecule has 0 radical (unpaired) electrons. The maximum absolute atomic E-state index is 12.5. The number of ether oxygens (including phenoxy) is 1. The number of carbonyl (C=O) groups is 1. The van der Waals surface area contributed by atoms with Crippen molar-refractivity contribution in [3.8, 4) is 11.5 Å². The van der Waals surface area contributed by atoms with Crippen molar-refractivity contribution in [2.24, 2.45) is 0 Å². The fourth-order valence-corrected chi connectivity index (χ4v) is 6.43. The normalized spacial score (nSPS) is 52.1. The maximum atomic E-state index is 12.5. The quantitative estimate of drug-likeness (QED) is 0.683. The van der Waals surface area contributed by atoms with Gasteiger partial charge in [-0.1, -0.05) is 6.07 Å². The average molecular weight is 299 g/mol. The Bertz CT molecular complexity index is 791. The molecule has 2 bridgehead atoms. The zero-order valence-corrected chi connectivity index (χ0v) is 12.3. The first-order valence-electron chi connectivity index (χ1n) is 7.97. The van der Waals surface area contributed by atoms with Crippen LogP contribution in [0.5, 0.6) is 11.5 Å². The van der Waals surface area contributed by atoms with Crippen molar-refractivity contribution >= 4 is 5.78 Å². The molecular weight excluding hydrogens is 282 g/mol. The van der Waals surface area contributed by atoms with Crippen molar-refractivity contribution in [1.82, 2.24) is 4.90 Å². The van der Waals surface area contributed by atoms with E-state index in [4.69, 9.17) is 4.74 Å². The van der Waals surface area contributed by atoms with Crippen LogP contribution in [0.1, 0.15) is 30.4 Å². The van der Waals surface area contributed by atoms with Crippen molar-refractivity contribution in [3.63, 3.8) is 0 Å². The molecule has 0 aromatic heterocycles. The number of phenolic OH excluding ortho intramolecular Hbond substituents is 1. The van der Waals surface area contributed by atoms with Gasteiger partial charge in [0.2, 0.25) is 0 Å². The number of hydrogen-bond donors (Lipinski definition) is 2. The van der Waals surface area contributed by atoms with E-state index >= 15 is 0 Å². The largest absolute Gasteiger partial charge is 0.504 e. The molecule has 1 saturated heterocycles. The second kappa shape index (κ2) is 2.93. The first-order valence-corrected chi connectivity index (χ1v) is 7.97. The summed E-state index contributed by atoms with van der Waals surface area (Å²) in [5, 5.41) is 21.9. The molecular formula is C17H17NO4. The fraction of sp³-hybridized carbons (Fsp3) is 0.588. The van der Waals surface area contributed by atoms with Crippen LogP contribution in [0.15, 0.2) is 12.1 Å². The number of Topliss-reactive ketones (excluding diaryl/α,β-unsaturated/α-hetero) is 1. The van der Waals surface area contributed by atoms with E-state index in [1.165, 1.54) is 0 Å². The molecule has 2 N–H and O–H groups in total. The first-order chi connectivity index (χ1) is 10.5. The zero-order valence-electron chi connectivity index (χ0n) is 12.3. The molecule has 5 heteroatoms. The van der Waals surface area contributed by atoms with Gasteiger partial charge < -0.3 is 14.9 Å². The number of likely N-dealkylation sites (N-methyl/N-ethyl adjacent to an activating group) is 1. The van der Waals surface area contributed by atoms with Crippen LogP contribution in [0.2, 0.25) is 0 Å². The number of rotatable bonds is 0. The Morgan fingerprint density at radius 2 is 2.23 bits per heavy atom. The standard InChI is InChI=1S/C17H17NO4/c1-18-11-6-8-2-3-9(19)13-12(8)15-7-16(11,18)17(15,21)5-4-10(20)14(15)22-13/h2-3,11,14,19,21H,4-7H2,1H3/t11?,14-,15-,16?,17-,18?/m0/s1. The number of phenols is 1. The molecule has 2 heterocycles. The van der Waals surface area contributed by atoms with E-state index in [0.29, 0.717) is 24.6 Å². The summed E-state index contributed by atoms with van der Waals surface area (Å²) in [4.78, 5) is 14.8. The Balaban J connectivity index is 1.73. The van der Waals surface area contributed by atoms with Gasteiger partial charge in [0, 0.05) is 18.0 Å². The monoisotopic (exact) mass is 299 g/mol. The lowest BCUT2D eigenvalue weighted by atomic mass is 9.41. The maximum Gasteiger partial charge on any atom is 0.174 e. The van der Waals surface area contributed by atoms with Crippen LogP contribution < -0.4 is 4.74 Å². The molecule has 1 aromatic rings. The summed E-state index contributed by atoms with van der Waals surface area (Å²) >= 11 is 0. The second-order valence-corrected chi connectivity index (χ2v) is 7.68. The summed E-state index contributed by atoms with van der Waals surface area (Å²) in [7, 11) is 2.07.